The van der Waals surface area contributed by atoms with Crippen LogP contribution in [-0.2, 0) is 4.74 Å². The van der Waals surface area contributed by atoms with Crippen molar-refractivity contribution in [3.63, 3.8) is 0 Å². The highest BCUT2D eigenvalue weighted by molar-refractivity contribution is 5.67. The summed E-state index contributed by atoms with van der Waals surface area (Å²) in [4.78, 5) is 11.5. The predicted molar refractivity (Wildman–Crippen MR) is 78.2 cm³/mol. The Balaban J connectivity index is 2.50. The number of carbonyl (C=O) groups is 1. The van der Waals surface area contributed by atoms with Crippen LogP contribution in [0.5, 0.6) is 5.75 Å². The van der Waals surface area contributed by atoms with Crippen molar-refractivity contribution in [3.8, 4) is 5.75 Å². The fraction of sp³-hybridized carbons (Fsp3) is 0.533. The number of amides is 1. The molecule has 118 valence electrons. The predicted octanol–water partition coefficient (Wildman–Crippen LogP) is 1.61. The van der Waals surface area contributed by atoms with Crippen LogP contribution in [0, 0.1) is 0 Å². The molecule has 0 heterocycles. The second-order valence-corrected chi connectivity index (χ2v) is 5.67. The van der Waals surface area contributed by atoms with E-state index in [1.54, 1.807) is 52.1 Å². The van der Waals surface area contributed by atoms with Gasteiger partial charge in [0.1, 0.15) is 23.6 Å². The minimum Gasteiger partial charge on any atom is -0.497 e. The third kappa shape index (κ3) is 6.01. The number of carbonyl (C=O) groups excluding carboxylic acids is 1. The van der Waals surface area contributed by atoms with E-state index in [1.165, 1.54) is 0 Å². The Morgan fingerprint density at radius 3 is 2.29 bits per heavy atom. The maximum atomic E-state index is 11.5. The van der Waals surface area contributed by atoms with Crippen LogP contribution < -0.4 is 10.1 Å². The molecule has 1 rings (SSSR count). The molecule has 0 radical (unpaired) electrons. The van der Waals surface area contributed by atoms with E-state index in [4.69, 9.17) is 9.47 Å². The second kappa shape index (κ2) is 7.28. The molecule has 0 aliphatic heterocycles. The molecule has 0 bridgehead atoms. The largest absolute Gasteiger partial charge is 0.497 e. The molecule has 2 unspecified atom stereocenters. The highest BCUT2D eigenvalue weighted by Gasteiger charge is 2.21. The molecule has 0 aromatic heterocycles. The van der Waals surface area contributed by atoms with Gasteiger partial charge in [-0.3, -0.25) is 0 Å². The van der Waals surface area contributed by atoms with Gasteiger partial charge in [0.05, 0.1) is 7.11 Å². The molecule has 0 aliphatic rings. The van der Waals surface area contributed by atoms with E-state index >= 15 is 0 Å². The van der Waals surface area contributed by atoms with E-state index in [0.29, 0.717) is 11.3 Å². The minimum atomic E-state index is -1.13. The summed E-state index contributed by atoms with van der Waals surface area (Å²) in [7, 11) is 1.55. The summed E-state index contributed by atoms with van der Waals surface area (Å²) >= 11 is 0. The molecule has 0 saturated carbocycles. The average molecular weight is 297 g/mol. The van der Waals surface area contributed by atoms with Crippen molar-refractivity contribution in [1.82, 2.24) is 5.32 Å². The van der Waals surface area contributed by atoms with Crippen molar-refractivity contribution < 1.29 is 24.5 Å². The lowest BCUT2D eigenvalue weighted by molar-refractivity contribution is 0.0129. The first-order chi connectivity index (χ1) is 9.73. The molecule has 1 aromatic carbocycles. The summed E-state index contributed by atoms with van der Waals surface area (Å²) in [5, 5.41) is 22.3. The van der Waals surface area contributed by atoms with Gasteiger partial charge in [-0.15, -0.1) is 0 Å². The highest BCUT2D eigenvalue weighted by Crippen LogP contribution is 2.20. The van der Waals surface area contributed by atoms with Crippen molar-refractivity contribution in [3.05, 3.63) is 29.8 Å². The minimum absolute atomic E-state index is 0.109. The lowest BCUT2D eigenvalue weighted by atomic mass is 10.0. The number of nitrogens with one attached hydrogen (secondary N) is 1. The molecule has 0 fully saturated rings. The van der Waals surface area contributed by atoms with E-state index in [-0.39, 0.29) is 6.54 Å². The summed E-state index contributed by atoms with van der Waals surface area (Å²) in [6.07, 6.45) is -2.87. The van der Waals surface area contributed by atoms with Crippen molar-refractivity contribution >= 4 is 6.09 Å². The molecule has 3 N–H and O–H groups in total. The van der Waals surface area contributed by atoms with Gasteiger partial charge in [0.25, 0.3) is 0 Å². The zero-order valence-corrected chi connectivity index (χ0v) is 12.8. The molecule has 6 nitrogen and oxygen atoms in total. The number of rotatable bonds is 5. The Morgan fingerprint density at radius 1 is 1.24 bits per heavy atom. The normalized spacial score (nSPS) is 14.2. The number of hydrogen-bond acceptors (Lipinski definition) is 5. The molecule has 1 amide bonds. The topological polar surface area (TPSA) is 88.0 Å². The summed E-state index contributed by atoms with van der Waals surface area (Å²) < 4.78 is 10.1. The number of benzene rings is 1. The van der Waals surface area contributed by atoms with Crippen molar-refractivity contribution in [2.75, 3.05) is 13.7 Å². The van der Waals surface area contributed by atoms with Gasteiger partial charge in [-0.2, -0.15) is 0 Å². The van der Waals surface area contributed by atoms with Gasteiger partial charge < -0.3 is 25.0 Å². The van der Waals surface area contributed by atoms with Crippen LogP contribution in [-0.4, -0.2) is 41.7 Å². The quantitative estimate of drug-likeness (QED) is 0.768. The Kier molecular flexibility index (Phi) is 5.99. The monoisotopic (exact) mass is 297 g/mol. The zero-order valence-electron chi connectivity index (χ0n) is 12.8. The second-order valence-electron chi connectivity index (χ2n) is 5.67. The van der Waals surface area contributed by atoms with Gasteiger partial charge in [0, 0.05) is 6.54 Å². The van der Waals surface area contributed by atoms with Crippen molar-refractivity contribution in [2.45, 2.75) is 38.6 Å². The van der Waals surface area contributed by atoms with Crippen LogP contribution >= 0.6 is 0 Å². The first-order valence-corrected chi connectivity index (χ1v) is 6.70. The van der Waals surface area contributed by atoms with Crippen molar-refractivity contribution in [2.24, 2.45) is 0 Å². The van der Waals surface area contributed by atoms with Crippen LogP contribution in [0.4, 0.5) is 4.79 Å². The molecular weight excluding hydrogens is 274 g/mol. The smallest absolute Gasteiger partial charge is 0.407 e. The zero-order chi connectivity index (χ0) is 16.0. The molecule has 21 heavy (non-hydrogen) atoms. The standard InChI is InChI=1S/C15H23NO5/c1-15(2,3)21-14(19)16-9-12(17)13(18)10-5-7-11(20-4)8-6-10/h5-8,12-13,17-18H,9H2,1-4H3,(H,16,19). The number of methoxy groups -OCH3 is 1. The maximum Gasteiger partial charge on any atom is 0.407 e. The Hall–Kier alpha value is -1.79. The van der Waals surface area contributed by atoms with E-state index in [0.717, 1.165) is 0 Å². The first-order valence-electron chi connectivity index (χ1n) is 6.70. The summed E-state index contributed by atoms with van der Waals surface area (Å²) in [6.45, 7) is 5.13. The van der Waals surface area contributed by atoms with Crippen LogP contribution in [0.1, 0.15) is 32.4 Å². The lowest BCUT2D eigenvalue weighted by Gasteiger charge is -2.22. The Bertz CT molecular complexity index is 452. The highest BCUT2D eigenvalue weighted by atomic mass is 16.6. The Labute approximate surface area is 124 Å². The van der Waals surface area contributed by atoms with Crippen LogP contribution in [0.2, 0.25) is 0 Å². The number of hydrogen-bond donors (Lipinski definition) is 3. The van der Waals surface area contributed by atoms with Gasteiger partial charge in [-0.1, -0.05) is 12.1 Å². The van der Waals surface area contributed by atoms with Crippen LogP contribution in [0.25, 0.3) is 0 Å². The summed E-state index contributed by atoms with van der Waals surface area (Å²) in [6, 6.07) is 6.68. The van der Waals surface area contributed by atoms with Gasteiger partial charge in [-0.25, -0.2) is 4.79 Å². The fourth-order valence-corrected chi connectivity index (χ4v) is 1.64. The SMILES string of the molecule is COc1ccc(C(O)C(O)CNC(=O)OC(C)(C)C)cc1. The molecule has 1 aromatic rings. The van der Waals surface area contributed by atoms with E-state index in [9.17, 15) is 15.0 Å². The molecular formula is C15H23NO5. The van der Waals surface area contributed by atoms with E-state index < -0.39 is 23.9 Å². The molecule has 0 aliphatic carbocycles. The van der Waals surface area contributed by atoms with Gasteiger partial charge >= 0.3 is 6.09 Å². The number of aliphatic hydroxyl groups is 2. The molecule has 6 heteroatoms. The van der Waals surface area contributed by atoms with E-state index in [2.05, 4.69) is 5.32 Å². The van der Waals surface area contributed by atoms with Gasteiger partial charge in [0.2, 0.25) is 0 Å². The Morgan fingerprint density at radius 2 is 1.81 bits per heavy atom. The van der Waals surface area contributed by atoms with Crippen LogP contribution in [0.15, 0.2) is 24.3 Å². The third-order valence-electron chi connectivity index (χ3n) is 2.68. The van der Waals surface area contributed by atoms with E-state index in [1.807, 2.05) is 0 Å². The van der Waals surface area contributed by atoms with Gasteiger partial charge in [-0.05, 0) is 38.5 Å². The molecule has 2 atom stereocenters. The summed E-state index contributed by atoms with van der Waals surface area (Å²) in [5.74, 6) is 0.660. The molecule has 0 spiro atoms. The lowest BCUT2D eigenvalue weighted by Crippen LogP contribution is -2.38. The molecule has 0 saturated heterocycles. The third-order valence-corrected chi connectivity index (χ3v) is 2.68. The maximum absolute atomic E-state index is 11.5. The first kappa shape index (κ1) is 17.3. The van der Waals surface area contributed by atoms with Crippen LogP contribution in [0.3, 0.4) is 0 Å². The fourth-order valence-electron chi connectivity index (χ4n) is 1.64. The number of aliphatic hydroxyl groups excluding tert-OH is 2. The average Bonchev–Trinajstić information content (AvgIpc) is 2.42. The number of ether oxygens (including phenoxy) is 2. The van der Waals surface area contributed by atoms with Gasteiger partial charge in [0.15, 0.2) is 0 Å². The van der Waals surface area contributed by atoms with Crippen molar-refractivity contribution in [1.29, 1.82) is 0 Å². The number of alkyl carbamates (subject to hydrolysis) is 1. The summed E-state index contributed by atoms with van der Waals surface area (Å²) in [5.41, 5.74) is -0.0711.